The Hall–Kier alpha value is -6.58. The van der Waals surface area contributed by atoms with Gasteiger partial charge in [-0.25, -0.2) is 4.98 Å². The van der Waals surface area contributed by atoms with Gasteiger partial charge in [0.2, 0.25) is 0 Å². The lowest BCUT2D eigenvalue weighted by atomic mass is 9.82. The Morgan fingerprint density at radius 3 is 1.96 bits per heavy atom. The molecule has 0 unspecified atom stereocenters. The maximum Gasteiger partial charge on any atom is 0.0710 e. The summed E-state index contributed by atoms with van der Waals surface area (Å²) in [5.74, 6) is 0. The van der Waals surface area contributed by atoms with E-state index in [4.69, 9.17) is 4.98 Å². The van der Waals surface area contributed by atoms with Gasteiger partial charge in [-0.05, 0) is 98.8 Å². The number of pyridine rings is 2. The summed E-state index contributed by atoms with van der Waals surface area (Å²) in [7, 11) is 0. The third-order valence-electron chi connectivity index (χ3n) is 10.9. The largest absolute Gasteiger partial charge is 0.309 e. The molecule has 3 heterocycles. The van der Waals surface area contributed by atoms with Crippen LogP contribution in [-0.4, -0.2) is 14.5 Å². The van der Waals surface area contributed by atoms with Crippen LogP contribution in [0.2, 0.25) is 0 Å². The summed E-state index contributed by atoms with van der Waals surface area (Å²) >= 11 is 0. The number of nitrogens with zero attached hydrogens (tertiary/aromatic N) is 3. The molecular weight excluding hydrogens is 631 g/mol. The first kappa shape index (κ1) is 30.3. The molecule has 6 aromatic carbocycles. The highest BCUT2D eigenvalue weighted by Gasteiger charge is 2.35. The highest BCUT2D eigenvalue weighted by Crippen LogP contribution is 2.50. The van der Waals surface area contributed by atoms with Crippen molar-refractivity contribution in [3.8, 4) is 61.7 Å². The zero-order valence-electron chi connectivity index (χ0n) is 29.1. The van der Waals surface area contributed by atoms with E-state index in [-0.39, 0.29) is 5.41 Å². The second-order valence-corrected chi connectivity index (χ2v) is 14.3. The third-order valence-corrected chi connectivity index (χ3v) is 10.9. The summed E-state index contributed by atoms with van der Waals surface area (Å²) in [5, 5.41) is 3.59. The van der Waals surface area contributed by atoms with Gasteiger partial charge >= 0.3 is 0 Å². The number of rotatable bonds is 5. The number of fused-ring (bicyclic) bond motifs is 5. The second kappa shape index (κ2) is 11.8. The quantitative estimate of drug-likeness (QED) is 0.183. The van der Waals surface area contributed by atoms with Gasteiger partial charge in [0.15, 0.2) is 0 Å². The Balaban J connectivity index is 1.24. The van der Waals surface area contributed by atoms with Crippen LogP contribution < -0.4 is 0 Å². The van der Waals surface area contributed by atoms with E-state index in [1.54, 1.807) is 0 Å². The molecule has 3 nitrogen and oxygen atoms in total. The molecule has 9 aromatic rings. The summed E-state index contributed by atoms with van der Waals surface area (Å²) in [6, 6.07) is 59.4. The summed E-state index contributed by atoms with van der Waals surface area (Å²) in [4.78, 5) is 9.25. The Kier molecular flexibility index (Phi) is 6.84. The molecule has 3 aromatic heterocycles. The van der Waals surface area contributed by atoms with Crippen molar-refractivity contribution in [1.82, 2.24) is 14.5 Å². The monoisotopic (exact) mass is 665 g/mol. The Morgan fingerprint density at radius 2 is 1.17 bits per heavy atom. The standard InChI is InChI=1S/C49H35N3/c1-49(2)42-17-10-9-16-39(42)40-23-22-38(31-43(40)49)52-46-30-35-20-21-36(45-19-11-18-44(51-45)32-24-26-50-27-25-32)28-37(35)29-41(46)47(33-12-5-3-6-13-33)48(52)34-14-7-4-8-15-34/h3-31H,1-2H3. The molecule has 0 amide bonds. The SMILES string of the molecule is CC1(C)c2ccccc2-c2ccc(-n3c(-c4ccccc4)c(-c4ccccc4)c4cc5cc(-c6cccc(-c7ccncc7)n6)ccc5cc43)cc21. The van der Waals surface area contributed by atoms with E-state index in [1.165, 1.54) is 72.0 Å². The normalized spacial score (nSPS) is 13.0. The first-order chi connectivity index (χ1) is 25.5. The van der Waals surface area contributed by atoms with Crippen LogP contribution in [0.4, 0.5) is 0 Å². The van der Waals surface area contributed by atoms with Gasteiger partial charge in [-0.15, -0.1) is 0 Å². The molecule has 0 saturated heterocycles. The lowest BCUT2D eigenvalue weighted by Gasteiger charge is -2.22. The fourth-order valence-electron chi connectivity index (χ4n) is 8.34. The zero-order valence-corrected chi connectivity index (χ0v) is 29.1. The minimum Gasteiger partial charge on any atom is -0.309 e. The molecule has 52 heavy (non-hydrogen) atoms. The van der Waals surface area contributed by atoms with E-state index in [0.29, 0.717) is 0 Å². The van der Waals surface area contributed by atoms with E-state index in [2.05, 4.69) is 175 Å². The highest BCUT2D eigenvalue weighted by molar-refractivity contribution is 6.11. The van der Waals surface area contributed by atoms with Crippen molar-refractivity contribution in [1.29, 1.82) is 0 Å². The number of benzene rings is 6. The van der Waals surface area contributed by atoms with Crippen molar-refractivity contribution in [2.75, 3.05) is 0 Å². The van der Waals surface area contributed by atoms with Crippen molar-refractivity contribution in [3.63, 3.8) is 0 Å². The Labute approximate surface area is 303 Å². The van der Waals surface area contributed by atoms with Gasteiger partial charge in [0, 0.05) is 45.6 Å². The second-order valence-electron chi connectivity index (χ2n) is 14.3. The van der Waals surface area contributed by atoms with Crippen LogP contribution in [0.25, 0.3) is 83.4 Å². The van der Waals surface area contributed by atoms with Crippen LogP contribution >= 0.6 is 0 Å². The predicted molar refractivity (Wildman–Crippen MR) is 216 cm³/mol. The molecule has 246 valence electrons. The van der Waals surface area contributed by atoms with Crippen LogP contribution in [0.1, 0.15) is 25.0 Å². The van der Waals surface area contributed by atoms with Gasteiger partial charge in [0.1, 0.15) is 0 Å². The maximum atomic E-state index is 5.07. The van der Waals surface area contributed by atoms with Crippen molar-refractivity contribution < 1.29 is 0 Å². The zero-order chi connectivity index (χ0) is 34.8. The fourth-order valence-corrected chi connectivity index (χ4v) is 8.34. The molecule has 0 bridgehead atoms. The van der Waals surface area contributed by atoms with Crippen LogP contribution in [0.15, 0.2) is 176 Å². The van der Waals surface area contributed by atoms with E-state index < -0.39 is 0 Å². The molecule has 0 atom stereocenters. The van der Waals surface area contributed by atoms with Crippen molar-refractivity contribution in [2.45, 2.75) is 19.3 Å². The van der Waals surface area contributed by atoms with Crippen molar-refractivity contribution in [3.05, 3.63) is 187 Å². The lowest BCUT2D eigenvalue weighted by molar-refractivity contribution is 0.660. The van der Waals surface area contributed by atoms with Crippen LogP contribution in [0, 0.1) is 0 Å². The average Bonchev–Trinajstić information content (AvgIpc) is 3.65. The van der Waals surface area contributed by atoms with Crippen LogP contribution in [-0.2, 0) is 5.41 Å². The molecule has 0 saturated carbocycles. The van der Waals surface area contributed by atoms with Gasteiger partial charge in [0.25, 0.3) is 0 Å². The summed E-state index contributed by atoms with van der Waals surface area (Å²) < 4.78 is 2.50. The number of aromatic nitrogens is 3. The molecule has 0 spiro atoms. The molecule has 1 aliphatic carbocycles. The van der Waals surface area contributed by atoms with E-state index >= 15 is 0 Å². The number of hydrogen-bond acceptors (Lipinski definition) is 2. The van der Waals surface area contributed by atoms with Crippen molar-refractivity contribution >= 4 is 21.7 Å². The maximum absolute atomic E-state index is 5.07. The van der Waals surface area contributed by atoms with Gasteiger partial charge < -0.3 is 4.57 Å². The summed E-state index contributed by atoms with van der Waals surface area (Å²) in [6.45, 7) is 4.71. The molecule has 1 aliphatic rings. The van der Waals surface area contributed by atoms with Gasteiger partial charge in [0.05, 0.1) is 22.6 Å². The van der Waals surface area contributed by atoms with Gasteiger partial charge in [-0.1, -0.05) is 123 Å². The van der Waals surface area contributed by atoms with Gasteiger partial charge in [-0.3, -0.25) is 4.98 Å². The lowest BCUT2D eigenvalue weighted by Crippen LogP contribution is -2.15. The minimum atomic E-state index is -0.105. The molecule has 0 N–H and O–H groups in total. The third kappa shape index (κ3) is 4.74. The smallest absolute Gasteiger partial charge is 0.0710 e. The Morgan fingerprint density at radius 1 is 0.481 bits per heavy atom. The van der Waals surface area contributed by atoms with E-state index in [9.17, 15) is 0 Å². The van der Waals surface area contributed by atoms with E-state index in [0.717, 1.165) is 22.5 Å². The predicted octanol–water partition coefficient (Wildman–Crippen LogP) is 12.5. The van der Waals surface area contributed by atoms with Crippen LogP contribution in [0.5, 0.6) is 0 Å². The van der Waals surface area contributed by atoms with E-state index in [1.807, 2.05) is 24.5 Å². The minimum absolute atomic E-state index is 0.105. The van der Waals surface area contributed by atoms with Crippen LogP contribution in [0.3, 0.4) is 0 Å². The molecular formula is C49H35N3. The fraction of sp³-hybridized carbons (Fsp3) is 0.0612. The molecule has 10 rings (SSSR count). The topological polar surface area (TPSA) is 30.7 Å². The molecule has 0 radical (unpaired) electrons. The molecule has 3 heteroatoms. The van der Waals surface area contributed by atoms with Crippen molar-refractivity contribution in [2.24, 2.45) is 0 Å². The Bertz CT molecular complexity index is 2800. The van der Waals surface area contributed by atoms with Gasteiger partial charge in [-0.2, -0.15) is 0 Å². The average molecular weight is 666 g/mol. The summed E-state index contributed by atoms with van der Waals surface area (Å²) in [6.07, 6.45) is 3.63. The first-order valence-electron chi connectivity index (χ1n) is 17.9. The highest BCUT2D eigenvalue weighted by atomic mass is 15.0. The summed E-state index contributed by atoms with van der Waals surface area (Å²) in [5.41, 5.74) is 16.5. The molecule has 0 aliphatic heterocycles. The molecule has 0 fully saturated rings. The number of hydrogen-bond donors (Lipinski definition) is 0. The first-order valence-corrected chi connectivity index (χ1v) is 17.9.